The minimum absolute atomic E-state index is 0.225. The van der Waals surface area contributed by atoms with Crippen LogP contribution in [0.3, 0.4) is 0 Å². The highest BCUT2D eigenvalue weighted by molar-refractivity contribution is 5.90. The van der Waals surface area contributed by atoms with E-state index < -0.39 is 0 Å². The first-order chi connectivity index (χ1) is 11.6. The molecule has 0 spiro atoms. The molecule has 132 valence electrons. The molecule has 0 saturated heterocycles. The minimum Gasteiger partial charge on any atom is -0.463 e. The van der Waals surface area contributed by atoms with Gasteiger partial charge in [0, 0.05) is 24.9 Å². The quantitative estimate of drug-likeness (QED) is 0.538. The SMILES string of the molecule is CCOC(=O)/C=C/c1ccc(NC(=O)NCCN(CC)CC)cc1. The van der Waals surface area contributed by atoms with Crippen molar-refractivity contribution in [2.45, 2.75) is 20.8 Å². The molecule has 0 fully saturated rings. The van der Waals surface area contributed by atoms with Crippen LogP contribution in [0.4, 0.5) is 10.5 Å². The molecule has 1 aromatic carbocycles. The van der Waals surface area contributed by atoms with E-state index in [4.69, 9.17) is 4.74 Å². The Kier molecular flexibility index (Phi) is 9.23. The largest absolute Gasteiger partial charge is 0.463 e. The van der Waals surface area contributed by atoms with Crippen LogP contribution in [0.1, 0.15) is 26.3 Å². The number of benzene rings is 1. The lowest BCUT2D eigenvalue weighted by atomic mass is 10.2. The van der Waals surface area contributed by atoms with Crippen LogP contribution in [0, 0.1) is 0 Å². The van der Waals surface area contributed by atoms with Gasteiger partial charge in [-0.05, 0) is 43.8 Å². The Hall–Kier alpha value is -2.34. The van der Waals surface area contributed by atoms with Gasteiger partial charge in [-0.2, -0.15) is 0 Å². The Bertz CT molecular complexity index is 537. The molecule has 0 aliphatic carbocycles. The fourth-order valence-electron chi connectivity index (χ4n) is 2.07. The highest BCUT2D eigenvalue weighted by atomic mass is 16.5. The third-order valence-electron chi connectivity index (χ3n) is 3.48. The van der Waals surface area contributed by atoms with Gasteiger partial charge in [0.05, 0.1) is 6.61 Å². The van der Waals surface area contributed by atoms with Gasteiger partial charge in [-0.15, -0.1) is 0 Å². The number of carbonyl (C=O) groups excluding carboxylic acids is 2. The first-order valence-electron chi connectivity index (χ1n) is 8.31. The third kappa shape index (κ3) is 7.78. The van der Waals surface area contributed by atoms with Gasteiger partial charge in [0.15, 0.2) is 0 Å². The molecule has 6 heteroatoms. The maximum atomic E-state index is 11.8. The first-order valence-corrected chi connectivity index (χ1v) is 8.31. The molecule has 24 heavy (non-hydrogen) atoms. The van der Waals surface area contributed by atoms with Crippen LogP contribution in [0.25, 0.3) is 6.08 Å². The van der Waals surface area contributed by atoms with Crippen molar-refractivity contribution < 1.29 is 14.3 Å². The molecular weight excluding hydrogens is 306 g/mol. The number of nitrogens with one attached hydrogen (secondary N) is 2. The van der Waals surface area contributed by atoms with E-state index in [0.29, 0.717) is 18.8 Å². The van der Waals surface area contributed by atoms with Gasteiger partial charge in [-0.1, -0.05) is 26.0 Å². The molecule has 0 atom stereocenters. The van der Waals surface area contributed by atoms with Gasteiger partial charge in [0.25, 0.3) is 0 Å². The number of anilines is 1. The molecule has 0 aromatic heterocycles. The maximum absolute atomic E-state index is 11.8. The van der Waals surface area contributed by atoms with E-state index in [2.05, 4.69) is 29.4 Å². The number of carbonyl (C=O) groups is 2. The van der Waals surface area contributed by atoms with Gasteiger partial charge in [-0.25, -0.2) is 9.59 Å². The van der Waals surface area contributed by atoms with Crippen molar-refractivity contribution in [2.24, 2.45) is 0 Å². The van der Waals surface area contributed by atoms with E-state index in [0.717, 1.165) is 25.2 Å². The molecule has 1 rings (SSSR count). The Labute approximate surface area is 143 Å². The molecule has 2 N–H and O–H groups in total. The number of hydrogen-bond donors (Lipinski definition) is 2. The second-order valence-electron chi connectivity index (χ2n) is 5.12. The molecule has 0 bridgehead atoms. The summed E-state index contributed by atoms with van der Waals surface area (Å²) in [6, 6.07) is 6.99. The second kappa shape index (κ2) is 11.2. The third-order valence-corrected chi connectivity index (χ3v) is 3.48. The summed E-state index contributed by atoms with van der Waals surface area (Å²) in [6.07, 6.45) is 3.05. The topological polar surface area (TPSA) is 70.7 Å². The van der Waals surface area contributed by atoms with Crippen molar-refractivity contribution in [2.75, 3.05) is 38.1 Å². The van der Waals surface area contributed by atoms with Crippen molar-refractivity contribution in [1.82, 2.24) is 10.2 Å². The average molecular weight is 333 g/mol. The number of nitrogens with zero attached hydrogens (tertiary/aromatic N) is 1. The Morgan fingerprint density at radius 3 is 2.38 bits per heavy atom. The lowest BCUT2D eigenvalue weighted by Crippen LogP contribution is -2.36. The molecule has 0 radical (unpaired) electrons. The number of amides is 2. The molecule has 0 aliphatic heterocycles. The zero-order chi connectivity index (χ0) is 17.8. The lowest BCUT2D eigenvalue weighted by molar-refractivity contribution is -0.137. The van der Waals surface area contributed by atoms with Crippen LogP contribution < -0.4 is 10.6 Å². The van der Waals surface area contributed by atoms with Crippen molar-refractivity contribution in [3.8, 4) is 0 Å². The van der Waals surface area contributed by atoms with E-state index >= 15 is 0 Å². The van der Waals surface area contributed by atoms with Crippen LogP contribution in [-0.2, 0) is 9.53 Å². The fourth-order valence-corrected chi connectivity index (χ4v) is 2.07. The van der Waals surface area contributed by atoms with Gasteiger partial charge in [0.1, 0.15) is 0 Å². The first kappa shape index (κ1) is 19.7. The number of urea groups is 1. The maximum Gasteiger partial charge on any atom is 0.330 e. The Balaban J connectivity index is 2.40. The summed E-state index contributed by atoms with van der Waals surface area (Å²) >= 11 is 0. The van der Waals surface area contributed by atoms with E-state index in [1.165, 1.54) is 6.08 Å². The molecule has 1 aromatic rings. The Morgan fingerprint density at radius 1 is 1.12 bits per heavy atom. The number of esters is 1. The predicted molar refractivity (Wildman–Crippen MR) is 96.9 cm³/mol. The number of ether oxygens (including phenoxy) is 1. The smallest absolute Gasteiger partial charge is 0.330 e. The van der Waals surface area contributed by atoms with E-state index in [9.17, 15) is 9.59 Å². The molecule has 0 unspecified atom stereocenters. The van der Waals surface area contributed by atoms with Crippen molar-refractivity contribution >= 4 is 23.8 Å². The predicted octanol–water partition coefficient (Wildman–Crippen LogP) is 2.73. The molecule has 2 amide bonds. The van der Waals surface area contributed by atoms with Crippen LogP contribution in [0.5, 0.6) is 0 Å². The second-order valence-corrected chi connectivity index (χ2v) is 5.12. The molecule has 0 aliphatic rings. The number of rotatable bonds is 9. The molecule has 0 heterocycles. The molecular formula is C18H27N3O3. The van der Waals surface area contributed by atoms with Crippen molar-refractivity contribution in [1.29, 1.82) is 0 Å². The van der Waals surface area contributed by atoms with Gasteiger partial charge >= 0.3 is 12.0 Å². The summed E-state index contributed by atoms with van der Waals surface area (Å²) in [4.78, 5) is 25.3. The summed E-state index contributed by atoms with van der Waals surface area (Å²) in [5, 5.41) is 5.61. The highest BCUT2D eigenvalue weighted by Gasteiger charge is 2.03. The Morgan fingerprint density at radius 2 is 1.79 bits per heavy atom. The van der Waals surface area contributed by atoms with Crippen molar-refractivity contribution in [3.05, 3.63) is 35.9 Å². The zero-order valence-corrected chi connectivity index (χ0v) is 14.7. The highest BCUT2D eigenvalue weighted by Crippen LogP contribution is 2.10. The standard InChI is InChI=1S/C18H27N3O3/c1-4-21(5-2)14-13-19-18(23)20-16-10-7-15(8-11-16)9-12-17(22)24-6-3/h7-12H,4-6,13-14H2,1-3H3,(H2,19,20,23)/b12-9+. The van der Waals surface area contributed by atoms with E-state index in [1.807, 2.05) is 12.1 Å². The summed E-state index contributed by atoms with van der Waals surface area (Å²) in [7, 11) is 0. The molecule has 0 saturated carbocycles. The normalized spacial score (nSPS) is 10.8. The van der Waals surface area contributed by atoms with E-state index in [-0.39, 0.29) is 12.0 Å². The molecule has 6 nitrogen and oxygen atoms in total. The summed E-state index contributed by atoms with van der Waals surface area (Å²) in [5.41, 5.74) is 1.55. The fraction of sp³-hybridized carbons (Fsp3) is 0.444. The number of likely N-dealkylation sites (N-methyl/N-ethyl adjacent to an activating group) is 1. The number of hydrogen-bond acceptors (Lipinski definition) is 4. The van der Waals surface area contributed by atoms with Gasteiger partial charge < -0.3 is 20.3 Å². The van der Waals surface area contributed by atoms with Crippen molar-refractivity contribution in [3.63, 3.8) is 0 Å². The monoisotopic (exact) mass is 333 g/mol. The van der Waals surface area contributed by atoms with Gasteiger partial charge in [-0.3, -0.25) is 0 Å². The van der Waals surface area contributed by atoms with Crippen LogP contribution in [0.15, 0.2) is 30.3 Å². The minimum atomic E-state index is -0.368. The zero-order valence-electron chi connectivity index (χ0n) is 14.7. The van der Waals surface area contributed by atoms with Gasteiger partial charge in [0.2, 0.25) is 0 Å². The summed E-state index contributed by atoms with van der Waals surface area (Å²) in [6.45, 7) is 9.70. The summed E-state index contributed by atoms with van der Waals surface area (Å²) in [5.74, 6) is -0.368. The van der Waals surface area contributed by atoms with Crippen LogP contribution in [0.2, 0.25) is 0 Å². The van der Waals surface area contributed by atoms with E-state index in [1.54, 1.807) is 25.1 Å². The summed E-state index contributed by atoms with van der Waals surface area (Å²) < 4.78 is 4.82. The van der Waals surface area contributed by atoms with Crippen LogP contribution in [-0.4, -0.2) is 49.7 Å². The lowest BCUT2D eigenvalue weighted by Gasteiger charge is -2.18. The van der Waals surface area contributed by atoms with Crippen LogP contribution >= 0.6 is 0 Å². The average Bonchev–Trinajstić information content (AvgIpc) is 2.58.